The standard InChI is InChI=1S/C40H46N4O8/c1-39(2,3)52-38(49)43-32(21-28-24-41-31-19-13-12-18-30(28)31)34(45)42-25-29-23-40(37(48)51-5,22-27-16-10-7-11-17-27)36(47)44(29)33(35(46)50-4)20-26-14-8-6-9-15-26/h6-19,24,29,32-33,41H,20-23,25H2,1-5H3,(H,42,45)(H,43,49)/t29-,32+,33-,40+/m0/s1. The highest BCUT2D eigenvalue weighted by atomic mass is 16.6. The number of aromatic amines is 1. The van der Waals surface area contributed by atoms with E-state index in [9.17, 15) is 24.0 Å². The fraction of sp³-hybridized carbons (Fsp3) is 0.375. The van der Waals surface area contributed by atoms with Crippen molar-refractivity contribution >= 4 is 40.7 Å². The number of carbonyl (C=O) groups is 5. The number of hydrogen-bond donors (Lipinski definition) is 3. The van der Waals surface area contributed by atoms with Crippen molar-refractivity contribution in [2.24, 2.45) is 5.41 Å². The van der Waals surface area contributed by atoms with Gasteiger partial charge in [0.05, 0.1) is 20.3 Å². The Morgan fingerprint density at radius 1 is 0.885 bits per heavy atom. The predicted octanol–water partition coefficient (Wildman–Crippen LogP) is 4.51. The SMILES string of the molecule is COC(=O)[C@H](Cc1ccccc1)N1C(=O)[C@](Cc2ccccc2)(C(=O)OC)C[C@H]1CNC(=O)[C@@H](Cc1c[nH]c2ccccc12)NC(=O)OC(C)(C)C. The lowest BCUT2D eigenvalue weighted by Crippen LogP contribution is -2.55. The number of likely N-dealkylation sites (tertiary alicyclic amines) is 1. The zero-order valence-electron chi connectivity index (χ0n) is 30.1. The van der Waals surface area contributed by atoms with Crippen LogP contribution in [-0.4, -0.2) is 84.2 Å². The number of fused-ring (bicyclic) bond motifs is 1. The maximum atomic E-state index is 14.7. The van der Waals surface area contributed by atoms with Gasteiger partial charge in [0.15, 0.2) is 5.41 Å². The number of methoxy groups -OCH3 is 2. The Morgan fingerprint density at radius 2 is 1.52 bits per heavy atom. The Morgan fingerprint density at radius 3 is 2.15 bits per heavy atom. The van der Waals surface area contributed by atoms with Crippen LogP contribution in [0.3, 0.4) is 0 Å². The van der Waals surface area contributed by atoms with E-state index in [4.69, 9.17) is 14.2 Å². The number of aromatic nitrogens is 1. The van der Waals surface area contributed by atoms with Gasteiger partial charge in [0.25, 0.3) is 0 Å². The molecule has 2 heterocycles. The van der Waals surface area contributed by atoms with E-state index >= 15 is 0 Å². The van der Waals surface area contributed by atoms with E-state index in [0.717, 1.165) is 27.6 Å². The molecule has 4 aromatic rings. The van der Waals surface area contributed by atoms with Gasteiger partial charge in [-0.05, 0) is 56.4 Å². The van der Waals surface area contributed by atoms with Gasteiger partial charge in [-0.25, -0.2) is 9.59 Å². The van der Waals surface area contributed by atoms with Crippen LogP contribution in [0.2, 0.25) is 0 Å². The number of nitrogens with zero attached hydrogens (tertiary/aromatic N) is 1. The molecule has 274 valence electrons. The molecular weight excluding hydrogens is 664 g/mol. The predicted molar refractivity (Wildman–Crippen MR) is 194 cm³/mol. The molecule has 3 aromatic carbocycles. The lowest BCUT2D eigenvalue weighted by molar-refractivity contribution is -0.163. The topological polar surface area (TPSA) is 156 Å². The molecule has 0 unspecified atom stereocenters. The maximum Gasteiger partial charge on any atom is 0.408 e. The van der Waals surface area contributed by atoms with Crippen molar-refractivity contribution in [2.45, 2.75) is 70.2 Å². The highest BCUT2D eigenvalue weighted by Crippen LogP contribution is 2.42. The molecule has 3 N–H and O–H groups in total. The van der Waals surface area contributed by atoms with Gasteiger partial charge >= 0.3 is 18.0 Å². The van der Waals surface area contributed by atoms with Gasteiger partial charge in [0.1, 0.15) is 17.7 Å². The second-order valence-electron chi connectivity index (χ2n) is 14.0. The minimum absolute atomic E-state index is 0.0168. The van der Waals surface area contributed by atoms with E-state index in [1.165, 1.54) is 19.1 Å². The number of carbonyl (C=O) groups excluding carboxylic acids is 5. The number of rotatable bonds is 13. The molecular formula is C40H46N4O8. The smallest absolute Gasteiger partial charge is 0.408 e. The van der Waals surface area contributed by atoms with Gasteiger partial charge in [-0.3, -0.25) is 14.4 Å². The van der Waals surface area contributed by atoms with E-state index in [-0.39, 0.29) is 32.2 Å². The molecule has 12 heteroatoms. The summed E-state index contributed by atoms with van der Waals surface area (Å²) in [6.07, 6.45) is 1.21. The molecule has 52 heavy (non-hydrogen) atoms. The zero-order chi connectivity index (χ0) is 37.5. The summed E-state index contributed by atoms with van der Waals surface area (Å²) in [6, 6.07) is 22.9. The molecule has 12 nitrogen and oxygen atoms in total. The molecule has 3 amide bonds. The summed E-state index contributed by atoms with van der Waals surface area (Å²) in [7, 11) is 2.47. The van der Waals surface area contributed by atoms with Gasteiger partial charge < -0.3 is 34.7 Å². The van der Waals surface area contributed by atoms with Gasteiger partial charge in [-0.15, -0.1) is 0 Å². The summed E-state index contributed by atoms with van der Waals surface area (Å²) in [5.41, 5.74) is 0.668. The monoisotopic (exact) mass is 710 g/mol. The molecule has 1 aromatic heterocycles. The third-order valence-electron chi connectivity index (χ3n) is 9.25. The number of hydrogen-bond acceptors (Lipinski definition) is 8. The van der Waals surface area contributed by atoms with Gasteiger partial charge in [0, 0.05) is 36.5 Å². The van der Waals surface area contributed by atoms with Crippen LogP contribution >= 0.6 is 0 Å². The van der Waals surface area contributed by atoms with Crippen molar-refractivity contribution in [3.05, 3.63) is 108 Å². The van der Waals surface area contributed by atoms with Gasteiger partial charge in [0.2, 0.25) is 11.8 Å². The lowest BCUT2D eigenvalue weighted by atomic mass is 9.78. The Kier molecular flexibility index (Phi) is 11.7. The number of amides is 3. The first-order valence-electron chi connectivity index (χ1n) is 17.2. The minimum Gasteiger partial charge on any atom is -0.468 e. The van der Waals surface area contributed by atoms with Crippen LogP contribution in [0.25, 0.3) is 10.9 Å². The average Bonchev–Trinajstić information content (AvgIpc) is 3.66. The van der Waals surface area contributed by atoms with Crippen LogP contribution in [0.15, 0.2) is 91.1 Å². The fourth-order valence-electron chi connectivity index (χ4n) is 6.89. The number of ether oxygens (including phenoxy) is 3. The summed E-state index contributed by atoms with van der Waals surface area (Å²) in [5, 5.41) is 6.53. The van der Waals surface area contributed by atoms with Crippen molar-refractivity contribution in [1.82, 2.24) is 20.5 Å². The molecule has 1 saturated heterocycles. The summed E-state index contributed by atoms with van der Waals surface area (Å²) in [5.74, 6) is -2.55. The Hall–Kier alpha value is -5.65. The Balaban J connectivity index is 1.49. The van der Waals surface area contributed by atoms with E-state index in [1.807, 2.05) is 84.9 Å². The number of benzene rings is 3. The highest BCUT2D eigenvalue weighted by molar-refractivity contribution is 6.06. The first-order valence-corrected chi connectivity index (χ1v) is 17.2. The molecule has 0 spiro atoms. The zero-order valence-corrected chi connectivity index (χ0v) is 30.1. The number of nitrogens with one attached hydrogen (secondary N) is 3. The third-order valence-corrected chi connectivity index (χ3v) is 9.25. The van der Waals surface area contributed by atoms with Gasteiger partial charge in [-0.1, -0.05) is 78.9 Å². The first-order chi connectivity index (χ1) is 24.8. The normalized spacial score (nSPS) is 18.4. The van der Waals surface area contributed by atoms with Crippen LogP contribution in [0.5, 0.6) is 0 Å². The second kappa shape index (κ2) is 16.1. The van der Waals surface area contributed by atoms with Crippen molar-refractivity contribution in [3.63, 3.8) is 0 Å². The molecule has 1 aliphatic rings. The van der Waals surface area contributed by atoms with Crippen molar-refractivity contribution in [3.8, 4) is 0 Å². The average molecular weight is 711 g/mol. The quantitative estimate of drug-likeness (QED) is 0.104. The fourth-order valence-corrected chi connectivity index (χ4v) is 6.89. The molecule has 0 saturated carbocycles. The highest BCUT2D eigenvalue weighted by Gasteiger charge is 2.60. The lowest BCUT2D eigenvalue weighted by Gasteiger charge is -2.32. The van der Waals surface area contributed by atoms with Crippen LogP contribution in [0.1, 0.15) is 43.9 Å². The van der Waals surface area contributed by atoms with Crippen molar-refractivity contribution < 1.29 is 38.2 Å². The molecule has 4 atom stereocenters. The van der Waals surface area contributed by atoms with E-state index in [0.29, 0.717) is 0 Å². The number of esters is 2. The molecule has 0 aliphatic carbocycles. The third kappa shape index (κ3) is 8.62. The van der Waals surface area contributed by atoms with Crippen LogP contribution in [0, 0.1) is 5.41 Å². The van der Waals surface area contributed by atoms with Crippen LogP contribution in [0.4, 0.5) is 4.79 Å². The summed E-state index contributed by atoms with van der Waals surface area (Å²) in [4.78, 5) is 73.5. The first kappa shape index (κ1) is 37.6. The van der Waals surface area contributed by atoms with Crippen LogP contribution in [-0.2, 0) is 52.7 Å². The summed E-state index contributed by atoms with van der Waals surface area (Å²) in [6.45, 7) is 5.04. The number of para-hydroxylation sites is 1. The molecule has 0 radical (unpaired) electrons. The maximum absolute atomic E-state index is 14.7. The van der Waals surface area contributed by atoms with Gasteiger partial charge in [-0.2, -0.15) is 0 Å². The Labute approximate surface area is 303 Å². The van der Waals surface area contributed by atoms with Crippen molar-refractivity contribution in [1.29, 1.82) is 0 Å². The summed E-state index contributed by atoms with van der Waals surface area (Å²) >= 11 is 0. The van der Waals surface area contributed by atoms with E-state index in [2.05, 4.69) is 15.6 Å². The Bertz CT molecular complexity index is 1890. The molecule has 1 aliphatic heterocycles. The van der Waals surface area contributed by atoms with E-state index in [1.54, 1.807) is 27.0 Å². The van der Waals surface area contributed by atoms with Crippen LogP contribution < -0.4 is 10.6 Å². The second-order valence-corrected chi connectivity index (χ2v) is 14.0. The molecule has 5 rings (SSSR count). The van der Waals surface area contributed by atoms with E-state index < -0.39 is 59.0 Å². The molecule has 1 fully saturated rings. The van der Waals surface area contributed by atoms with Crippen molar-refractivity contribution in [2.75, 3.05) is 20.8 Å². The summed E-state index contributed by atoms with van der Waals surface area (Å²) < 4.78 is 15.9. The number of alkyl carbamates (subject to hydrolysis) is 1. The molecule has 0 bridgehead atoms. The number of H-pyrrole nitrogens is 1. The largest absolute Gasteiger partial charge is 0.468 e. The minimum atomic E-state index is -1.69.